The smallest absolute Gasteiger partial charge is 0.310 e. The van der Waals surface area contributed by atoms with Gasteiger partial charge >= 0.3 is 5.97 Å². The van der Waals surface area contributed by atoms with Crippen molar-refractivity contribution >= 4 is 35.2 Å². The standard InChI is InChI=1S/C29H32ClNO5S/c1-5-35-28(32)15-21-8-12-26(34-4)27(14-21)36-25-13-9-22(16-23(25)18-37-19(2)3)29(33)31-17-20-6-10-24(30)11-7-20/h6-14,16,19H,5,15,17-18H2,1-4H3,(H,31,33). The minimum absolute atomic E-state index is 0.136. The number of benzene rings is 3. The number of ether oxygens (including phenoxy) is 3. The molecule has 0 aliphatic rings. The Morgan fingerprint density at radius 2 is 1.65 bits per heavy atom. The zero-order valence-corrected chi connectivity index (χ0v) is 23.1. The first-order valence-corrected chi connectivity index (χ1v) is 13.5. The van der Waals surface area contributed by atoms with Gasteiger partial charge in [-0.3, -0.25) is 9.59 Å². The van der Waals surface area contributed by atoms with Gasteiger partial charge in [0.2, 0.25) is 0 Å². The van der Waals surface area contributed by atoms with Gasteiger partial charge in [0.1, 0.15) is 5.75 Å². The molecular weight excluding hydrogens is 510 g/mol. The van der Waals surface area contributed by atoms with Gasteiger partial charge < -0.3 is 19.5 Å². The predicted octanol–water partition coefficient (Wildman–Crippen LogP) is 6.82. The molecule has 0 unspecified atom stereocenters. The Morgan fingerprint density at radius 1 is 0.946 bits per heavy atom. The molecule has 0 spiro atoms. The maximum atomic E-state index is 12.9. The summed E-state index contributed by atoms with van der Waals surface area (Å²) in [4.78, 5) is 24.9. The van der Waals surface area contributed by atoms with Crippen LogP contribution in [-0.2, 0) is 28.2 Å². The van der Waals surface area contributed by atoms with Crippen LogP contribution in [0, 0.1) is 0 Å². The summed E-state index contributed by atoms with van der Waals surface area (Å²) in [6, 6.07) is 18.1. The number of halogens is 1. The van der Waals surface area contributed by atoms with Crippen molar-refractivity contribution in [3.8, 4) is 17.2 Å². The number of rotatable bonds is 12. The van der Waals surface area contributed by atoms with Gasteiger partial charge in [-0.2, -0.15) is 11.8 Å². The summed E-state index contributed by atoms with van der Waals surface area (Å²) >= 11 is 7.70. The number of hydrogen-bond donors (Lipinski definition) is 1. The van der Waals surface area contributed by atoms with Gasteiger partial charge in [0.15, 0.2) is 11.5 Å². The number of nitrogens with one attached hydrogen (secondary N) is 1. The van der Waals surface area contributed by atoms with Crippen LogP contribution in [0.3, 0.4) is 0 Å². The lowest BCUT2D eigenvalue weighted by Gasteiger charge is -2.16. The molecule has 0 saturated carbocycles. The molecule has 0 atom stereocenters. The average molecular weight is 542 g/mol. The van der Waals surface area contributed by atoms with Crippen molar-refractivity contribution in [2.75, 3.05) is 13.7 Å². The van der Waals surface area contributed by atoms with Crippen molar-refractivity contribution in [1.29, 1.82) is 0 Å². The summed E-state index contributed by atoms with van der Waals surface area (Å²) in [6.45, 7) is 6.74. The largest absolute Gasteiger partial charge is 0.493 e. The number of esters is 1. The van der Waals surface area contributed by atoms with Gasteiger partial charge in [-0.1, -0.05) is 43.6 Å². The molecule has 0 aromatic heterocycles. The molecule has 3 rings (SSSR count). The Balaban J connectivity index is 1.83. The minimum atomic E-state index is -0.304. The Bertz CT molecular complexity index is 1210. The fraction of sp³-hybridized carbons (Fsp3) is 0.310. The highest BCUT2D eigenvalue weighted by Crippen LogP contribution is 2.36. The molecule has 8 heteroatoms. The molecule has 0 saturated heterocycles. The first kappa shape index (κ1) is 28.4. The summed E-state index contributed by atoms with van der Waals surface area (Å²) in [7, 11) is 1.57. The molecule has 0 aliphatic heterocycles. The molecule has 3 aromatic rings. The molecule has 0 radical (unpaired) electrons. The topological polar surface area (TPSA) is 73.9 Å². The second kappa shape index (κ2) is 14.0. The number of thioether (sulfide) groups is 1. The second-order valence-corrected chi connectivity index (χ2v) is 10.6. The minimum Gasteiger partial charge on any atom is -0.493 e. The third kappa shape index (κ3) is 8.72. The van der Waals surface area contributed by atoms with E-state index in [1.807, 2.05) is 24.3 Å². The first-order chi connectivity index (χ1) is 17.8. The van der Waals surface area contributed by atoms with Crippen molar-refractivity contribution in [2.45, 2.75) is 44.7 Å². The highest BCUT2D eigenvalue weighted by molar-refractivity contribution is 7.99. The Hall–Kier alpha value is -3.16. The zero-order valence-electron chi connectivity index (χ0n) is 21.5. The predicted molar refractivity (Wildman–Crippen MR) is 149 cm³/mol. The molecule has 1 amide bonds. The maximum Gasteiger partial charge on any atom is 0.310 e. The molecule has 1 N–H and O–H groups in total. The van der Waals surface area contributed by atoms with Crippen molar-refractivity contribution < 1.29 is 23.8 Å². The summed E-state index contributed by atoms with van der Waals surface area (Å²) in [5, 5.41) is 4.01. The quantitative estimate of drug-likeness (QED) is 0.254. The van der Waals surface area contributed by atoms with E-state index in [1.54, 1.807) is 62.2 Å². The Kier molecular flexibility index (Phi) is 10.7. The number of carbonyl (C=O) groups excluding carboxylic acids is 2. The third-order valence-corrected chi connectivity index (χ3v) is 6.76. The number of carbonyl (C=O) groups is 2. The van der Waals surface area contributed by atoms with E-state index in [0.717, 1.165) is 16.7 Å². The lowest BCUT2D eigenvalue weighted by molar-refractivity contribution is -0.142. The summed E-state index contributed by atoms with van der Waals surface area (Å²) in [5.41, 5.74) is 3.15. The third-order valence-electron chi connectivity index (χ3n) is 5.36. The van der Waals surface area contributed by atoms with Crippen molar-refractivity contribution in [1.82, 2.24) is 5.32 Å². The van der Waals surface area contributed by atoms with Crippen LogP contribution in [0.5, 0.6) is 17.2 Å². The van der Waals surface area contributed by atoms with Crippen LogP contribution in [0.2, 0.25) is 5.02 Å². The van der Waals surface area contributed by atoms with E-state index in [-0.39, 0.29) is 18.3 Å². The molecule has 37 heavy (non-hydrogen) atoms. The van der Waals surface area contributed by atoms with Crippen LogP contribution < -0.4 is 14.8 Å². The lowest BCUT2D eigenvalue weighted by Crippen LogP contribution is -2.22. The number of hydrogen-bond acceptors (Lipinski definition) is 6. The highest BCUT2D eigenvalue weighted by atomic mass is 35.5. The van der Waals surface area contributed by atoms with Gasteiger partial charge in [-0.15, -0.1) is 0 Å². The highest BCUT2D eigenvalue weighted by Gasteiger charge is 2.16. The van der Waals surface area contributed by atoms with Crippen molar-refractivity contribution in [3.63, 3.8) is 0 Å². The lowest BCUT2D eigenvalue weighted by atomic mass is 10.1. The molecule has 196 valence electrons. The fourth-order valence-corrected chi connectivity index (χ4v) is 4.35. The van der Waals surface area contributed by atoms with Crippen LogP contribution in [0.1, 0.15) is 47.8 Å². The van der Waals surface area contributed by atoms with E-state index < -0.39 is 0 Å². The summed E-state index contributed by atoms with van der Waals surface area (Å²) in [6.07, 6.45) is 0.136. The maximum absolute atomic E-state index is 12.9. The molecule has 0 aliphatic carbocycles. The summed E-state index contributed by atoms with van der Waals surface area (Å²) < 4.78 is 16.8. The monoisotopic (exact) mass is 541 g/mol. The SMILES string of the molecule is CCOC(=O)Cc1ccc(OC)c(Oc2ccc(C(=O)NCc3ccc(Cl)cc3)cc2CSC(C)C)c1. The van der Waals surface area contributed by atoms with E-state index >= 15 is 0 Å². The molecule has 0 heterocycles. The van der Waals surface area contributed by atoms with E-state index in [0.29, 0.717) is 52.0 Å². The molecule has 6 nitrogen and oxygen atoms in total. The Labute approximate surface area is 227 Å². The average Bonchev–Trinajstić information content (AvgIpc) is 2.88. The Morgan fingerprint density at radius 3 is 2.32 bits per heavy atom. The van der Waals surface area contributed by atoms with Gasteiger partial charge in [0.05, 0.1) is 20.1 Å². The number of amides is 1. The summed E-state index contributed by atoms with van der Waals surface area (Å²) in [5.74, 6) is 1.83. The van der Waals surface area contributed by atoms with E-state index in [2.05, 4.69) is 19.2 Å². The molecular formula is C29H32ClNO5S. The zero-order chi connectivity index (χ0) is 26.8. The van der Waals surface area contributed by atoms with E-state index in [1.165, 1.54) is 0 Å². The first-order valence-electron chi connectivity index (χ1n) is 12.1. The number of methoxy groups -OCH3 is 1. The second-order valence-electron chi connectivity index (χ2n) is 8.56. The van der Waals surface area contributed by atoms with Crippen LogP contribution in [-0.4, -0.2) is 30.8 Å². The van der Waals surface area contributed by atoms with Gasteiger partial charge in [0.25, 0.3) is 5.91 Å². The van der Waals surface area contributed by atoms with Gasteiger partial charge in [0, 0.05) is 28.4 Å². The van der Waals surface area contributed by atoms with Crippen LogP contribution in [0.15, 0.2) is 60.7 Å². The normalized spacial score (nSPS) is 10.8. The van der Waals surface area contributed by atoms with E-state index in [9.17, 15) is 9.59 Å². The van der Waals surface area contributed by atoms with Crippen LogP contribution in [0.25, 0.3) is 0 Å². The van der Waals surface area contributed by atoms with E-state index in [4.69, 9.17) is 25.8 Å². The van der Waals surface area contributed by atoms with Crippen LogP contribution >= 0.6 is 23.4 Å². The van der Waals surface area contributed by atoms with Crippen molar-refractivity contribution in [3.05, 3.63) is 87.9 Å². The van der Waals surface area contributed by atoms with Gasteiger partial charge in [-0.25, -0.2) is 0 Å². The molecule has 0 bridgehead atoms. The fourth-order valence-electron chi connectivity index (χ4n) is 3.48. The molecule has 3 aromatic carbocycles. The van der Waals surface area contributed by atoms with Crippen LogP contribution in [0.4, 0.5) is 0 Å². The molecule has 0 fully saturated rings. The van der Waals surface area contributed by atoms with Crippen molar-refractivity contribution in [2.24, 2.45) is 0 Å². The van der Waals surface area contributed by atoms with Gasteiger partial charge in [-0.05, 0) is 65.8 Å².